The number of halogens is 1. The highest BCUT2D eigenvalue weighted by Crippen LogP contribution is 2.12. The molecule has 3 N–H and O–H groups in total. The quantitative estimate of drug-likeness (QED) is 0.883. The summed E-state index contributed by atoms with van der Waals surface area (Å²) >= 11 is 5.82. The molecule has 0 fully saturated rings. The molecule has 0 saturated heterocycles. The number of nitrogen functional groups attached to an aromatic ring is 1. The highest BCUT2D eigenvalue weighted by Gasteiger charge is 2.14. The van der Waals surface area contributed by atoms with Gasteiger partial charge in [0.05, 0.1) is 12.4 Å². The summed E-state index contributed by atoms with van der Waals surface area (Å²) in [6.45, 7) is 0.132. The minimum Gasteiger partial charge on any atom is -0.368 e. The summed E-state index contributed by atoms with van der Waals surface area (Å²) in [6, 6.07) is 6.92. The number of anilines is 1. The summed E-state index contributed by atoms with van der Waals surface area (Å²) in [5, 5.41) is 0.549. The predicted octanol–water partition coefficient (Wildman–Crippen LogP) is 1.19. The highest BCUT2D eigenvalue weighted by atomic mass is 35.5. The molecule has 8 heteroatoms. The van der Waals surface area contributed by atoms with Crippen LogP contribution in [0.3, 0.4) is 0 Å². The summed E-state index contributed by atoms with van der Waals surface area (Å²) < 4.78 is 26.3. The Morgan fingerprint density at radius 3 is 2.58 bits per heavy atom. The first-order chi connectivity index (χ1) is 8.97. The van der Waals surface area contributed by atoms with Gasteiger partial charge in [-0.1, -0.05) is 23.7 Å². The van der Waals surface area contributed by atoms with Gasteiger partial charge in [0.1, 0.15) is 4.90 Å². The number of rotatable bonds is 4. The van der Waals surface area contributed by atoms with Crippen molar-refractivity contribution in [2.75, 3.05) is 5.73 Å². The van der Waals surface area contributed by atoms with Gasteiger partial charge in [0.2, 0.25) is 16.0 Å². The predicted molar refractivity (Wildman–Crippen MR) is 71.9 cm³/mol. The van der Waals surface area contributed by atoms with Gasteiger partial charge in [0.25, 0.3) is 0 Å². The summed E-state index contributed by atoms with van der Waals surface area (Å²) in [5.74, 6) is 0.0220. The SMILES string of the molecule is Nc1ncc(S(=O)(=O)NCc2cccc(Cl)c2)cn1. The first-order valence-corrected chi connectivity index (χ1v) is 7.15. The molecule has 0 radical (unpaired) electrons. The third kappa shape index (κ3) is 3.63. The second-order valence-electron chi connectivity index (χ2n) is 3.73. The Balaban J connectivity index is 2.12. The lowest BCUT2D eigenvalue weighted by molar-refractivity contribution is 0.580. The highest BCUT2D eigenvalue weighted by molar-refractivity contribution is 7.89. The molecule has 0 aliphatic heterocycles. The van der Waals surface area contributed by atoms with Crippen molar-refractivity contribution in [1.82, 2.24) is 14.7 Å². The second-order valence-corrected chi connectivity index (χ2v) is 5.93. The Labute approximate surface area is 115 Å². The van der Waals surface area contributed by atoms with E-state index in [4.69, 9.17) is 17.3 Å². The number of benzene rings is 1. The summed E-state index contributed by atoms with van der Waals surface area (Å²) in [7, 11) is -3.66. The van der Waals surface area contributed by atoms with Crippen LogP contribution in [0.5, 0.6) is 0 Å². The fourth-order valence-electron chi connectivity index (χ4n) is 1.37. The lowest BCUT2D eigenvalue weighted by Crippen LogP contribution is -2.23. The summed E-state index contributed by atoms with van der Waals surface area (Å²) in [6.07, 6.45) is 2.31. The van der Waals surface area contributed by atoms with Crippen molar-refractivity contribution in [3.05, 3.63) is 47.2 Å². The molecule has 0 saturated carbocycles. The smallest absolute Gasteiger partial charge is 0.243 e. The van der Waals surface area contributed by atoms with Crippen LogP contribution in [0.15, 0.2) is 41.6 Å². The van der Waals surface area contributed by atoms with Crippen molar-refractivity contribution in [2.45, 2.75) is 11.4 Å². The summed E-state index contributed by atoms with van der Waals surface area (Å²) in [4.78, 5) is 7.24. The van der Waals surface area contributed by atoms with E-state index in [1.54, 1.807) is 24.3 Å². The first kappa shape index (κ1) is 13.7. The van der Waals surface area contributed by atoms with E-state index in [0.717, 1.165) is 18.0 Å². The maximum Gasteiger partial charge on any atom is 0.243 e. The van der Waals surface area contributed by atoms with Crippen LogP contribution < -0.4 is 10.5 Å². The van der Waals surface area contributed by atoms with Gasteiger partial charge in [-0.15, -0.1) is 0 Å². The lowest BCUT2D eigenvalue weighted by Gasteiger charge is -2.06. The number of sulfonamides is 1. The largest absolute Gasteiger partial charge is 0.368 e. The van der Waals surface area contributed by atoms with Gasteiger partial charge in [-0.3, -0.25) is 0 Å². The maximum atomic E-state index is 11.9. The molecule has 1 aromatic heterocycles. The molecule has 0 unspecified atom stereocenters. The normalized spacial score (nSPS) is 11.4. The molecular formula is C11H11ClN4O2S. The zero-order valence-corrected chi connectivity index (χ0v) is 11.3. The van der Waals surface area contributed by atoms with Crippen LogP contribution in [0.1, 0.15) is 5.56 Å². The second kappa shape index (κ2) is 5.52. The molecule has 0 aliphatic carbocycles. The van der Waals surface area contributed by atoms with Gasteiger partial charge >= 0.3 is 0 Å². The minimum absolute atomic E-state index is 0.0220. The van der Waals surface area contributed by atoms with E-state index in [-0.39, 0.29) is 17.4 Å². The average molecular weight is 299 g/mol. The van der Waals surface area contributed by atoms with Crippen LogP contribution in [0.4, 0.5) is 5.95 Å². The molecule has 0 spiro atoms. The van der Waals surface area contributed by atoms with Crippen LogP contribution in [0.25, 0.3) is 0 Å². The Morgan fingerprint density at radius 2 is 1.95 bits per heavy atom. The van der Waals surface area contributed by atoms with Crippen LogP contribution in [-0.2, 0) is 16.6 Å². The van der Waals surface area contributed by atoms with Crippen molar-refractivity contribution in [3.8, 4) is 0 Å². The van der Waals surface area contributed by atoms with Crippen LogP contribution in [0, 0.1) is 0 Å². The van der Waals surface area contributed by atoms with Gasteiger partial charge in [0.15, 0.2) is 0 Å². The van der Waals surface area contributed by atoms with E-state index in [1.807, 2.05) is 0 Å². The van der Waals surface area contributed by atoms with Crippen molar-refractivity contribution in [1.29, 1.82) is 0 Å². The molecular weight excluding hydrogens is 288 g/mol. The molecule has 0 bridgehead atoms. The Kier molecular flexibility index (Phi) is 3.98. The van der Waals surface area contributed by atoms with E-state index >= 15 is 0 Å². The topological polar surface area (TPSA) is 98.0 Å². The Hall–Kier alpha value is -1.70. The number of nitrogens with zero attached hydrogens (tertiary/aromatic N) is 2. The van der Waals surface area contributed by atoms with Gasteiger partial charge in [-0.25, -0.2) is 23.1 Å². The average Bonchev–Trinajstić information content (AvgIpc) is 2.37. The first-order valence-electron chi connectivity index (χ1n) is 5.29. The van der Waals surface area contributed by atoms with Gasteiger partial charge < -0.3 is 5.73 Å². The number of hydrogen-bond donors (Lipinski definition) is 2. The van der Waals surface area contributed by atoms with Gasteiger partial charge in [-0.2, -0.15) is 0 Å². The third-order valence-electron chi connectivity index (χ3n) is 2.31. The van der Waals surface area contributed by atoms with Crippen molar-refractivity contribution >= 4 is 27.6 Å². The number of aromatic nitrogens is 2. The minimum atomic E-state index is -3.66. The molecule has 0 atom stereocenters. The molecule has 1 aromatic carbocycles. The Bertz CT molecular complexity index is 673. The molecule has 19 heavy (non-hydrogen) atoms. The van der Waals surface area contributed by atoms with E-state index in [0.29, 0.717) is 5.02 Å². The van der Waals surface area contributed by atoms with Crippen molar-refractivity contribution in [2.24, 2.45) is 0 Å². The summed E-state index contributed by atoms with van der Waals surface area (Å²) in [5.41, 5.74) is 6.06. The van der Waals surface area contributed by atoms with Gasteiger partial charge in [-0.05, 0) is 17.7 Å². The van der Waals surface area contributed by atoms with E-state index in [1.165, 1.54) is 0 Å². The zero-order chi connectivity index (χ0) is 13.9. The van der Waals surface area contributed by atoms with Crippen LogP contribution in [0.2, 0.25) is 5.02 Å². The fraction of sp³-hybridized carbons (Fsp3) is 0.0909. The molecule has 2 aromatic rings. The molecule has 6 nitrogen and oxygen atoms in total. The number of hydrogen-bond acceptors (Lipinski definition) is 5. The molecule has 0 amide bonds. The maximum absolute atomic E-state index is 11.9. The monoisotopic (exact) mass is 298 g/mol. The van der Waals surface area contributed by atoms with E-state index in [2.05, 4.69) is 14.7 Å². The number of nitrogens with one attached hydrogen (secondary N) is 1. The number of nitrogens with two attached hydrogens (primary N) is 1. The van der Waals surface area contributed by atoms with Crippen molar-refractivity contribution in [3.63, 3.8) is 0 Å². The fourth-order valence-corrected chi connectivity index (χ4v) is 2.49. The molecule has 2 rings (SSSR count). The third-order valence-corrected chi connectivity index (χ3v) is 3.90. The zero-order valence-electron chi connectivity index (χ0n) is 9.75. The molecule has 0 aliphatic rings. The Morgan fingerprint density at radius 1 is 1.26 bits per heavy atom. The van der Waals surface area contributed by atoms with Crippen LogP contribution in [-0.4, -0.2) is 18.4 Å². The van der Waals surface area contributed by atoms with Crippen molar-refractivity contribution < 1.29 is 8.42 Å². The molecule has 100 valence electrons. The van der Waals surface area contributed by atoms with Gasteiger partial charge in [0, 0.05) is 11.6 Å². The van der Waals surface area contributed by atoms with E-state index in [9.17, 15) is 8.42 Å². The van der Waals surface area contributed by atoms with E-state index < -0.39 is 10.0 Å². The standard InChI is InChI=1S/C11H11ClN4O2S/c12-9-3-1-2-8(4-9)5-16-19(17,18)10-6-14-11(13)15-7-10/h1-4,6-7,16H,5H2,(H2,13,14,15). The molecule has 1 heterocycles. The van der Waals surface area contributed by atoms with Crippen LogP contribution >= 0.6 is 11.6 Å². The lowest BCUT2D eigenvalue weighted by atomic mass is 10.2.